The summed E-state index contributed by atoms with van der Waals surface area (Å²) in [5.41, 5.74) is 6.11. The number of rotatable bonds is 3. The quantitative estimate of drug-likeness (QED) is 0.786. The van der Waals surface area contributed by atoms with E-state index in [0.717, 1.165) is 6.07 Å². The third-order valence-electron chi connectivity index (χ3n) is 3.12. The minimum Gasteiger partial charge on any atom is -0.319 e. The van der Waals surface area contributed by atoms with Gasteiger partial charge >= 0.3 is 12.1 Å². The van der Waals surface area contributed by atoms with Crippen molar-refractivity contribution in [2.24, 2.45) is 5.73 Å². The number of halogens is 6. The molecule has 0 spiro atoms. The molecular formula is C15H13ClF5N. The van der Waals surface area contributed by atoms with Crippen LogP contribution in [0, 0.1) is 0 Å². The van der Waals surface area contributed by atoms with Gasteiger partial charge in [0, 0.05) is 0 Å². The molecule has 2 aromatic rings. The van der Waals surface area contributed by atoms with Crippen molar-refractivity contribution in [1.29, 1.82) is 0 Å². The van der Waals surface area contributed by atoms with Crippen LogP contribution in [0.3, 0.4) is 0 Å². The molecule has 1 nitrogen and oxygen atoms in total. The lowest BCUT2D eigenvalue weighted by molar-refractivity contribution is -0.291. The lowest BCUT2D eigenvalue weighted by Gasteiger charge is -2.26. The summed E-state index contributed by atoms with van der Waals surface area (Å²) in [4.78, 5) is 0. The summed E-state index contributed by atoms with van der Waals surface area (Å²) in [6.07, 6.45) is -5.69. The van der Waals surface area contributed by atoms with Crippen LogP contribution in [0.5, 0.6) is 0 Å². The molecule has 0 amide bonds. The summed E-state index contributed by atoms with van der Waals surface area (Å²) in [6, 6.07) is 11.7. The van der Waals surface area contributed by atoms with Crippen LogP contribution in [0.4, 0.5) is 22.0 Å². The van der Waals surface area contributed by atoms with Crippen LogP contribution in [0.25, 0.3) is 11.1 Å². The van der Waals surface area contributed by atoms with E-state index in [1.165, 1.54) is 12.1 Å². The molecular weight excluding hydrogens is 325 g/mol. The van der Waals surface area contributed by atoms with E-state index in [1.54, 1.807) is 36.4 Å². The molecule has 0 radical (unpaired) electrons. The van der Waals surface area contributed by atoms with Gasteiger partial charge in [0.1, 0.15) is 6.04 Å². The third-order valence-corrected chi connectivity index (χ3v) is 3.12. The van der Waals surface area contributed by atoms with Gasteiger partial charge in [-0.2, -0.15) is 22.0 Å². The Morgan fingerprint density at radius 2 is 1.32 bits per heavy atom. The van der Waals surface area contributed by atoms with E-state index in [1.807, 2.05) is 0 Å². The average molecular weight is 338 g/mol. The van der Waals surface area contributed by atoms with Gasteiger partial charge in [-0.15, -0.1) is 12.4 Å². The zero-order valence-corrected chi connectivity index (χ0v) is 12.0. The third kappa shape index (κ3) is 3.56. The summed E-state index contributed by atoms with van der Waals surface area (Å²) >= 11 is 0. The van der Waals surface area contributed by atoms with Crippen LogP contribution in [-0.4, -0.2) is 12.1 Å². The molecule has 2 aromatic carbocycles. The van der Waals surface area contributed by atoms with E-state index in [0.29, 0.717) is 11.1 Å². The molecule has 0 heterocycles. The first kappa shape index (κ1) is 18.4. The van der Waals surface area contributed by atoms with E-state index in [9.17, 15) is 22.0 Å². The molecule has 0 saturated carbocycles. The van der Waals surface area contributed by atoms with Gasteiger partial charge in [-0.25, -0.2) is 0 Å². The van der Waals surface area contributed by atoms with Crippen molar-refractivity contribution in [2.45, 2.75) is 18.1 Å². The first-order valence-corrected chi connectivity index (χ1v) is 6.09. The maximum atomic E-state index is 13.3. The highest BCUT2D eigenvalue weighted by Crippen LogP contribution is 2.43. The molecule has 2 N–H and O–H groups in total. The minimum atomic E-state index is -5.69. The SMILES string of the molecule is Cl.N[C@H](c1cccc(-c2ccccc2)c1)C(F)(F)C(F)(F)F. The Morgan fingerprint density at radius 1 is 0.773 bits per heavy atom. The van der Waals surface area contributed by atoms with Crippen LogP contribution in [0.15, 0.2) is 54.6 Å². The van der Waals surface area contributed by atoms with Gasteiger partial charge in [-0.05, 0) is 22.8 Å². The Morgan fingerprint density at radius 3 is 1.86 bits per heavy atom. The van der Waals surface area contributed by atoms with Crippen LogP contribution in [-0.2, 0) is 0 Å². The first-order valence-electron chi connectivity index (χ1n) is 6.09. The highest BCUT2D eigenvalue weighted by atomic mass is 35.5. The topological polar surface area (TPSA) is 26.0 Å². The summed E-state index contributed by atoms with van der Waals surface area (Å²) in [5, 5.41) is 0. The highest BCUT2D eigenvalue weighted by Gasteiger charge is 2.61. The van der Waals surface area contributed by atoms with Crippen molar-refractivity contribution in [2.75, 3.05) is 0 Å². The predicted molar refractivity (Wildman–Crippen MR) is 77.1 cm³/mol. The average Bonchev–Trinajstić information content (AvgIpc) is 2.46. The molecule has 0 fully saturated rings. The monoisotopic (exact) mass is 337 g/mol. The Bertz CT molecular complexity index is 613. The zero-order valence-electron chi connectivity index (χ0n) is 11.1. The van der Waals surface area contributed by atoms with E-state index in [2.05, 4.69) is 0 Å². The molecule has 0 saturated heterocycles. The Hall–Kier alpha value is -1.66. The number of alkyl halides is 5. The van der Waals surface area contributed by atoms with Crippen molar-refractivity contribution in [3.63, 3.8) is 0 Å². The van der Waals surface area contributed by atoms with Crippen LogP contribution >= 0.6 is 12.4 Å². The molecule has 120 valence electrons. The second-order valence-corrected chi connectivity index (χ2v) is 4.59. The second kappa shape index (κ2) is 6.62. The Balaban J connectivity index is 0.00000242. The fourth-order valence-electron chi connectivity index (χ4n) is 1.93. The van der Waals surface area contributed by atoms with Crippen molar-refractivity contribution in [3.8, 4) is 11.1 Å². The molecule has 7 heteroatoms. The molecule has 22 heavy (non-hydrogen) atoms. The predicted octanol–water partition coefficient (Wildman–Crippen LogP) is 4.97. The molecule has 0 aliphatic rings. The van der Waals surface area contributed by atoms with E-state index in [-0.39, 0.29) is 18.0 Å². The van der Waals surface area contributed by atoms with Crippen molar-refractivity contribution in [3.05, 3.63) is 60.2 Å². The number of nitrogens with two attached hydrogens (primary N) is 1. The minimum absolute atomic E-state index is 0. The lowest BCUT2D eigenvalue weighted by Crippen LogP contribution is -2.45. The normalized spacial score (nSPS) is 13.4. The lowest BCUT2D eigenvalue weighted by atomic mass is 9.96. The van der Waals surface area contributed by atoms with Crippen LogP contribution in [0.1, 0.15) is 11.6 Å². The van der Waals surface area contributed by atoms with E-state index in [4.69, 9.17) is 5.73 Å². The largest absolute Gasteiger partial charge is 0.455 e. The van der Waals surface area contributed by atoms with Crippen molar-refractivity contribution < 1.29 is 22.0 Å². The standard InChI is InChI=1S/C15H12F5N.ClH/c16-14(17,15(18,19)20)13(21)12-8-4-7-11(9-12)10-5-2-1-3-6-10;/h1-9,13H,21H2;1H/t13-;/m1./s1. The Kier molecular flexibility index (Phi) is 5.54. The maximum Gasteiger partial charge on any atom is 0.455 e. The molecule has 0 aliphatic heterocycles. The van der Waals surface area contributed by atoms with Gasteiger partial charge in [0.2, 0.25) is 0 Å². The summed E-state index contributed by atoms with van der Waals surface area (Å²) in [6.45, 7) is 0. The number of hydrogen-bond acceptors (Lipinski definition) is 1. The van der Waals surface area contributed by atoms with Gasteiger partial charge in [0.25, 0.3) is 0 Å². The van der Waals surface area contributed by atoms with Gasteiger partial charge in [-0.1, -0.05) is 48.5 Å². The molecule has 0 aliphatic carbocycles. The highest BCUT2D eigenvalue weighted by molar-refractivity contribution is 5.85. The van der Waals surface area contributed by atoms with Crippen molar-refractivity contribution >= 4 is 12.4 Å². The van der Waals surface area contributed by atoms with E-state index >= 15 is 0 Å². The molecule has 1 atom stereocenters. The smallest absolute Gasteiger partial charge is 0.319 e. The number of benzene rings is 2. The molecule has 0 bridgehead atoms. The maximum absolute atomic E-state index is 13.3. The van der Waals surface area contributed by atoms with E-state index < -0.39 is 18.1 Å². The molecule has 2 rings (SSSR count). The Labute approximate surface area is 130 Å². The van der Waals surface area contributed by atoms with Gasteiger partial charge in [-0.3, -0.25) is 0 Å². The van der Waals surface area contributed by atoms with Crippen LogP contribution in [0.2, 0.25) is 0 Å². The van der Waals surface area contributed by atoms with Crippen molar-refractivity contribution in [1.82, 2.24) is 0 Å². The fraction of sp³-hybridized carbons (Fsp3) is 0.200. The summed E-state index contributed by atoms with van der Waals surface area (Å²) in [7, 11) is 0. The van der Waals surface area contributed by atoms with Gasteiger partial charge < -0.3 is 5.73 Å². The van der Waals surface area contributed by atoms with Gasteiger partial charge in [0.15, 0.2) is 0 Å². The molecule has 0 aromatic heterocycles. The fourth-order valence-corrected chi connectivity index (χ4v) is 1.93. The van der Waals surface area contributed by atoms with Crippen LogP contribution < -0.4 is 5.73 Å². The summed E-state index contributed by atoms with van der Waals surface area (Å²) < 4.78 is 63.7. The second-order valence-electron chi connectivity index (χ2n) is 4.59. The number of hydrogen-bond donors (Lipinski definition) is 1. The summed E-state index contributed by atoms with van der Waals surface area (Å²) in [5.74, 6) is -4.98. The first-order chi connectivity index (χ1) is 9.73. The zero-order chi connectivity index (χ0) is 15.7. The van der Waals surface area contributed by atoms with Gasteiger partial charge in [0.05, 0.1) is 0 Å². The molecule has 0 unspecified atom stereocenters.